The monoisotopic (exact) mass is 328 g/mol. The van der Waals surface area contributed by atoms with Crippen molar-refractivity contribution in [2.75, 3.05) is 13.2 Å². The Balaban J connectivity index is 4.58. The molecule has 0 rings (SSSR count). The first-order chi connectivity index (χ1) is 10.6. The Morgan fingerprint density at radius 1 is 0.826 bits per heavy atom. The largest absolute Gasteiger partial charge is 0.461 e. The predicted octanol–water partition coefficient (Wildman–Crippen LogP) is 0.519. The van der Waals surface area contributed by atoms with Crippen LogP contribution in [0.25, 0.3) is 0 Å². The first kappa shape index (κ1) is 20.5. The lowest BCUT2D eigenvalue weighted by Crippen LogP contribution is -2.31. The molecule has 0 radical (unpaired) electrons. The van der Waals surface area contributed by atoms with Crippen molar-refractivity contribution in [3.8, 4) is 0 Å². The lowest BCUT2D eigenvalue weighted by atomic mass is 10.3. The highest BCUT2D eigenvalue weighted by atomic mass is 16.6. The zero-order valence-corrected chi connectivity index (χ0v) is 13.4. The van der Waals surface area contributed by atoms with Crippen LogP contribution in [0.4, 0.5) is 0 Å². The highest BCUT2D eigenvalue weighted by Crippen LogP contribution is 2.03. The van der Waals surface area contributed by atoms with Gasteiger partial charge in [0, 0.05) is 5.57 Å². The fourth-order valence-corrected chi connectivity index (χ4v) is 1.28. The second-order valence-corrected chi connectivity index (χ2v) is 4.93. The molecule has 0 fully saturated rings. The summed E-state index contributed by atoms with van der Waals surface area (Å²) in [5.74, 6) is -3.12. The molecule has 0 spiro atoms. The van der Waals surface area contributed by atoms with Gasteiger partial charge in [0.25, 0.3) is 0 Å². The van der Waals surface area contributed by atoms with Crippen molar-refractivity contribution in [3.63, 3.8) is 0 Å². The van der Waals surface area contributed by atoms with Gasteiger partial charge in [-0.2, -0.15) is 0 Å². The van der Waals surface area contributed by atoms with Crippen LogP contribution in [-0.2, 0) is 38.2 Å². The highest BCUT2D eigenvalue weighted by molar-refractivity contribution is 5.94. The van der Waals surface area contributed by atoms with E-state index in [-0.39, 0.29) is 18.0 Å². The summed E-state index contributed by atoms with van der Waals surface area (Å²) in [6.45, 7) is 6.49. The van der Waals surface area contributed by atoms with Crippen LogP contribution in [0.1, 0.15) is 33.6 Å². The van der Waals surface area contributed by atoms with Crippen LogP contribution in [0.2, 0.25) is 0 Å². The van der Waals surface area contributed by atoms with Gasteiger partial charge in [0.2, 0.25) is 0 Å². The van der Waals surface area contributed by atoms with Crippen LogP contribution >= 0.6 is 0 Å². The van der Waals surface area contributed by atoms with E-state index >= 15 is 0 Å². The Morgan fingerprint density at radius 2 is 1.30 bits per heavy atom. The molecule has 8 nitrogen and oxygen atoms in total. The second kappa shape index (κ2) is 10.3. The third kappa shape index (κ3) is 10.8. The molecule has 0 saturated carbocycles. The highest BCUT2D eigenvalue weighted by Gasteiger charge is 2.20. The Morgan fingerprint density at radius 3 is 1.78 bits per heavy atom. The molecule has 0 aromatic carbocycles. The van der Waals surface area contributed by atoms with E-state index in [9.17, 15) is 24.0 Å². The molecule has 0 aliphatic heterocycles. The minimum Gasteiger partial charge on any atom is -0.461 e. The molecule has 0 aliphatic carbocycles. The molecule has 0 heterocycles. The van der Waals surface area contributed by atoms with Crippen molar-refractivity contribution in [3.05, 3.63) is 12.2 Å². The molecule has 0 aliphatic rings. The number of Topliss-reactive ketones (excluding diaryl/α,β-unsaturated/α-hetero) is 2. The van der Waals surface area contributed by atoms with Gasteiger partial charge in [0.15, 0.2) is 6.10 Å². The maximum atomic E-state index is 11.5. The van der Waals surface area contributed by atoms with Crippen molar-refractivity contribution in [2.24, 2.45) is 0 Å². The minimum atomic E-state index is -1.08. The van der Waals surface area contributed by atoms with Crippen LogP contribution in [0.15, 0.2) is 12.2 Å². The number of hydrogen-bond donors (Lipinski definition) is 0. The molecule has 0 aromatic heterocycles. The summed E-state index contributed by atoms with van der Waals surface area (Å²) in [7, 11) is 0. The topological polar surface area (TPSA) is 113 Å². The summed E-state index contributed by atoms with van der Waals surface area (Å²) in [4.78, 5) is 55.7. The van der Waals surface area contributed by atoms with Gasteiger partial charge < -0.3 is 14.2 Å². The van der Waals surface area contributed by atoms with Crippen molar-refractivity contribution in [1.82, 2.24) is 0 Å². The number of hydrogen-bond acceptors (Lipinski definition) is 8. The van der Waals surface area contributed by atoms with E-state index < -0.39 is 49.2 Å². The van der Waals surface area contributed by atoms with Crippen molar-refractivity contribution in [2.45, 2.75) is 39.7 Å². The standard InChI is InChI=1S/C15H20O8/c1-9(2)15(20)22-8-12(23-14(19)6-11(4)17)7-21-13(18)5-10(3)16/h12H,1,5-8H2,2-4H3. The van der Waals surface area contributed by atoms with E-state index in [1.807, 2.05) is 0 Å². The summed E-state index contributed by atoms with van der Waals surface area (Å²) in [5, 5.41) is 0. The first-order valence-electron chi connectivity index (χ1n) is 6.78. The third-order valence-corrected chi connectivity index (χ3v) is 2.26. The number of rotatable bonds is 10. The Kier molecular flexibility index (Phi) is 9.14. The fourth-order valence-electron chi connectivity index (χ4n) is 1.28. The van der Waals surface area contributed by atoms with Gasteiger partial charge in [-0.3, -0.25) is 19.2 Å². The molecule has 0 amide bonds. The average molecular weight is 328 g/mol. The summed E-state index contributed by atoms with van der Waals surface area (Å²) in [6, 6.07) is 0. The van der Waals surface area contributed by atoms with Gasteiger partial charge >= 0.3 is 17.9 Å². The molecule has 0 bridgehead atoms. The quantitative estimate of drug-likeness (QED) is 0.247. The SMILES string of the molecule is C=C(C)C(=O)OCC(COC(=O)CC(C)=O)OC(=O)CC(C)=O. The van der Waals surface area contributed by atoms with Gasteiger partial charge in [-0.05, 0) is 20.8 Å². The lowest BCUT2D eigenvalue weighted by Gasteiger charge is -2.17. The average Bonchev–Trinajstić information content (AvgIpc) is 2.39. The summed E-state index contributed by atoms with van der Waals surface area (Å²) < 4.78 is 14.5. The normalized spacial score (nSPS) is 11.1. The van der Waals surface area contributed by atoms with E-state index in [0.717, 1.165) is 0 Å². The number of esters is 3. The van der Waals surface area contributed by atoms with Gasteiger partial charge in [-0.1, -0.05) is 6.58 Å². The molecule has 128 valence electrons. The van der Waals surface area contributed by atoms with Gasteiger partial charge in [0.05, 0.1) is 0 Å². The second-order valence-electron chi connectivity index (χ2n) is 4.93. The molecule has 0 saturated heterocycles. The van der Waals surface area contributed by atoms with E-state index in [4.69, 9.17) is 14.2 Å². The number of ketones is 2. The minimum absolute atomic E-state index is 0.146. The zero-order chi connectivity index (χ0) is 18.0. The Labute approximate surface area is 133 Å². The van der Waals surface area contributed by atoms with Crippen LogP contribution in [0.5, 0.6) is 0 Å². The summed E-state index contributed by atoms with van der Waals surface area (Å²) in [6.07, 6.45) is -1.95. The fraction of sp³-hybridized carbons (Fsp3) is 0.533. The lowest BCUT2D eigenvalue weighted by molar-refractivity contribution is -0.166. The van der Waals surface area contributed by atoms with E-state index in [1.54, 1.807) is 0 Å². The Hall–Kier alpha value is -2.51. The molecule has 0 N–H and O–H groups in total. The number of carbonyl (C=O) groups is 5. The van der Waals surface area contributed by atoms with Crippen molar-refractivity contribution < 1.29 is 38.2 Å². The Bertz CT molecular complexity index is 506. The number of carbonyl (C=O) groups excluding carboxylic acids is 5. The summed E-state index contributed by atoms with van der Waals surface area (Å²) in [5.41, 5.74) is 0.146. The van der Waals surface area contributed by atoms with E-state index in [2.05, 4.69) is 6.58 Å². The van der Waals surface area contributed by atoms with E-state index in [1.165, 1.54) is 20.8 Å². The van der Waals surface area contributed by atoms with E-state index in [0.29, 0.717) is 0 Å². The van der Waals surface area contributed by atoms with Crippen LogP contribution < -0.4 is 0 Å². The van der Waals surface area contributed by atoms with Crippen LogP contribution in [-0.4, -0.2) is 48.8 Å². The maximum Gasteiger partial charge on any atom is 0.333 e. The summed E-state index contributed by atoms with van der Waals surface area (Å²) >= 11 is 0. The maximum absolute atomic E-state index is 11.5. The van der Waals surface area contributed by atoms with Crippen molar-refractivity contribution in [1.29, 1.82) is 0 Å². The molecular weight excluding hydrogens is 308 g/mol. The van der Waals surface area contributed by atoms with Crippen molar-refractivity contribution >= 4 is 29.5 Å². The molecule has 23 heavy (non-hydrogen) atoms. The van der Waals surface area contributed by atoms with Gasteiger partial charge in [-0.15, -0.1) is 0 Å². The molecule has 8 heteroatoms. The molecular formula is C15H20O8. The number of ether oxygens (including phenoxy) is 3. The predicted molar refractivity (Wildman–Crippen MR) is 77.2 cm³/mol. The van der Waals surface area contributed by atoms with Gasteiger partial charge in [0.1, 0.15) is 37.6 Å². The third-order valence-electron chi connectivity index (χ3n) is 2.26. The molecule has 1 atom stereocenters. The van der Waals surface area contributed by atoms with Crippen LogP contribution in [0, 0.1) is 0 Å². The van der Waals surface area contributed by atoms with Gasteiger partial charge in [-0.25, -0.2) is 4.79 Å². The first-order valence-corrected chi connectivity index (χ1v) is 6.78. The molecule has 1 unspecified atom stereocenters. The van der Waals surface area contributed by atoms with Crippen LogP contribution in [0.3, 0.4) is 0 Å². The smallest absolute Gasteiger partial charge is 0.333 e. The zero-order valence-electron chi connectivity index (χ0n) is 13.4. The molecule has 0 aromatic rings.